The van der Waals surface area contributed by atoms with Crippen LogP contribution in [0.25, 0.3) is 0 Å². The summed E-state index contributed by atoms with van der Waals surface area (Å²) < 4.78 is 39.0. The fourth-order valence-corrected chi connectivity index (χ4v) is 3.16. The molecular formula is C18H16F3NO. The average molecular weight is 319 g/mol. The van der Waals surface area contributed by atoms with Crippen molar-refractivity contribution in [3.8, 4) is 0 Å². The van der Waals surface area contributed by atoms with Crippen LogP contribution in [0.3, 0.4) is 0 Å². The predicted octanol–water partition coefficient (Wildman–Crippen LogP) is 4.58. The molecule has 0 aromatic heterocycles. The predicted molar refractivity (Wildman–Crippen MR) is 83.1 cm³/mol. The maximum absolute atomic E-state index is 13.0. The van der Waals surface area contributed by atoms with Crippen molar-refractivity contribution >= 4 is 17.7 Å². The molecule has 0 radical (unpaired) electrons. The van der Waals surface area contributed by atoms with Gasteiger partial charge in [0.2, 0.25) is 0 Å². The van der Waals surface area contributed by atoms with Crippen LogP contribution in [0.1, 0.15) is 22.3 Å². The lowest BCUT2D eigenvalue weighted by Gasteiger charge is -2.25. The molecule has 0 saturated carbocycles. The van der Waals surface area contributed by atoms with E-state index in [0.717, 1.165) is 40.8 Å². The fourth-order valence-electron chi connectivity index (χ4n) is 3.16. The number of alkyl halides is 3. The molecule has 0 amide bonds. The van der Waals surface area contributed by atoms with Crippen molar-refractivity contribution in [3.05, 3.63) is 58.7 Å². The van der Waals surface area contributed by atoms with Gasteiger partial charge in [-0.25, -0.2) is 0 Å². The highest BCUT2D eigenvalue weighted by atomic mass is 19.4. The monoisotopic (exact) mass is 319 g/mol. The molecule has 1 atom stereocenters. The molecule has 23 heavy (non-hydrogen) atoms. The van der Waals surface area contributed by atoms with Crippen molar-refractivity contribution in [2.45, 2.75) is 32.5 Å². The van der Waals surface area contributed by atoms with Gasteiger partial charge in [0.1, 0.15) is 6.29 Å². The summed E-state index contributed by atoms with van der Waals surface area (Å²) in [5, 5.41) is 0. The Morgan fingerprint density at radius 3 is 2.30 bits per heavy atom. The van der Waals surface area contributed by atoms with E-state index in [-0.39, 0.29) is 0 Å². The molecule has 1 aliphatic rings. The zero-order valence-corrected chi connectivity index (χ0v) is 12.8. The van der Waals surface area contributed by atoms with E-state index in [2.05, 4.69) is 0 Å². The van der Waals surface area contributed by atoms with Crippen molar-refractivity contribution in [1.29, 1.82) is 0 Å². The number of aldehydes is 1. The van der Waals surface area contributed by atoms with Gasteiger partial charge in [-0.05, 0) is 54.8 Å². The van der Waals surface area contributed by atoms with Gasteiger partial charge < -0.3 is 9.69 Å². The van der Waals surface area contributed by atoms with Crippen LogP contribution in [0.4, 0.5) is 24.5 Å². The van der Waals surface area contributed by atoms with Gasteiger partial charge >= 0.3 is 6.18 Å². The number of fused-ring (bicyclic) bond motifs is 1. The first-order chi connectivity index (χ1) is 10.8. The summed E-state index contributed by atoms with van der Waals surface area (Å²) in [6.45, 7) is 3.85. The molecule has 120 valence electrons. The molecular weight excluding hydrogens is 303 g/mol. The molecule has 1 unspecified atom stereocenters. The second kappa shape index (κ2) is 5.41. The van der Waals surface area contributed by atoms with Crippen LogP contribution in [-0.4, -0.2) is 12.3 Å². The van der Waals surface area contributed by atoms with Gasteiger partial charge in [-0.1, -0.05) is 12.1 Å². The van der Waals surface area contributed by atoms with Gasteiger partial charge in [0.05, 0.1) is 11.6 Å². The average Bonchev–Trinajstić information content (AvgIpc) is 2.82. The van der Waals surface area contributed by atoms with Crippen LogP contribution in [-0.2, 0) is 17.4 Å². The molecule has 0 bridgehead atoms. The Morgan fingerprint density at radius 1 is 1.09 bits per heavy atom. The molecule has 0 N–H and O–H groups in total. The Kier molecular flexibility index (Phi) is 3.66. The summed E-state index contributed by atoms with van der Waals surface area (Å²) in [6.07, 6.45) is -3.18. The first-order valence-electron chi connectivity index (χ1n) is 7.32. The summed E-state index contributed by atoms with van der Waals surface area (Å²) in [7, 11) is 0. The highest BCUT2D eigenvalue weighted by Gasteiger charge is 2.35. The van der Waals surface area contributed by atoms with Gasteiger partial charge in [0.15, 0.2) is 0 Å². The van der Waals surface area contributed by atoms with E-state index in [1.54, 1.807) is 4.90 Å². The van der Waals surface area contributed by atoms with E-state index < -0.39 is 17.8 Å². The highest BCUT2D eigenvalue weighted by Crippen LogP contribution is 2.41. The van der Waals surface area contributed by atoms with E-state index in [9.17, 15) is 18.0 Å². The highest BCUT2D eigenvalue weighted by molar-refractivity contribution is 5.81. The Hall–Kier alpha value is -2.30. The lowest BCUT2D eigenvalue weighted by atomic mass is 10.1. The molecule has 3 rings (SSSR count). The number of carbonyl (C=O) groups excluding carboxylic acids is 1. The van der Waals surface area contributed by atoms with Crippen molar-refractivity contribution in [2.24, 2.45) is 0 Å². The van der Waals surface area contributed by atoms with Gasteiger partial charge in [-0.2, -0.15) is 13.2 Å². The maximum Gasteiger partial charge on any atom is 0.416 e. The first-order valence-corrected chi connectivity index (χ1v) is 7.32. The Balaban J connectivity index is 2.15. The number of hydrogen-bond acceptors (Lipinski definition) is 2. The third kappa shape index (κ3) is 2.83. The Labute approximate surface area is 132 Å². The summed E-state index contributed by atoms with van der Waals surface area (Å²) >= 11 is 0. The molecule has 2 aromatic carbocycles. The lowest BCUT2D eigenvalue weighted by molar-refractivity contribution is -0.137. The van der Waals surface area contributed by atoms with Crippen molar-refractivity contribution in [2.75, 3.05) is 4.90 Å². The molecule has 2 nitrogen and oxygen atoms in total. The van der Waals surface area contributed by atoms with Gasteiger partial charge in [-0.3, -0.25) is 0 Å². The van der Waals surface area contributed by atoms with E-state index in [4.69, 9.17) is 0 Å². The van der Waals surface area contributed by atoms with E-state index >= 15 is 0 Å². The van der Waals surface area contributed by atoms with Crippen molar-refractivity contribution in [1.82, 2.24) is 0 Å². The van der Waals surface area contributed by atoms with Crippen LogP contribution in [0, 0.1) is 13.8 Å². The van der Waals surface area contributed by atoms with Crippen LogP contribution >= 0.6 is 0 Å². The minimum absolute atomic E-state index is 0.421. The second-order valence-corrected chi connectivity index (χ2v) is 5.96. The maximum atomic E-state index is 13.0. The summed E-state index contributed by atoms with van der Waals surface area (Å²) in [5.74, 6) is 0. The SMILES string of the molecule is Cc1cc(C)cc(N2c3cc(C(F)(F)F)ccc3CC2C=O)c1. The Bertz CT molecular complexity index is 747. The number of rotatable bonds is 2. The minimum atomic E-state index is -4.40. The van der Waals surface area contributed by atoms with Crippen molar-refractivity contribution in [3.63, 3.8) is 0 Å². The number of halogens is 3. The number of nitrogens with zero attached hydrogens (tertiary/aromatic N) is 1. The molecule has 0 saturated heterocycles. The molecule has 1 heterocycles. The van der Waals surface area contributed by atoms with Crippen LogP contribution < -0.4 is 4.90 Å². The molecule has 5 heteroatoms. The third-order valence-electron chi connectivity index (χ3n) is 4.07. The first kappa shape index (κ1) is 15.6. The number of hydrogen-bond donors (Lipinski definition) is 0. The summed E-state index contributed by atoms with van der Waals surface area (Å²) in [4.78, 5) is 13.2. The number of benzene rings is 2. The standard InChI is InChI=1S/C18H16F3NO/c1-11-5-12(2)7-15(6-11)22-16(10-23)8-13-3-4-14(9-17(13)22)18(19,20)21/h3-7,9-10,16H,8H2,1-2H3. The van der Waals surface area contributed by atoms with Gasteiger partial charge in [-0.15, -0.1) is 0 Å². The normalized spacial score (nSPS) is 17.3. The largest absolute Gasteiger partial charge is 0.416 e. The number of carbonyl (C=O) groups is 1. The molecule has 0 aliphatic carbocycles. The van der Waals surface area contributed by atoms with E-state index in [1.807, 2.05) is 32.0 Å². The van der Waals surface area contributed by atoms with E-state index in [1.165, 1.54) is 6.07 Å². The molecule has 0 fully saturated rings. The molecule has 1 aliphatic heterocycles. The zero-order valence-electron chi connectivity index (χ0n) is 12.8. The summed E-state index contributed by atoms with van der Waals surface area (Å²) in [5.41, 5.74) is 3.28. The molecule has 2 aromatic rings. The number of anilines is 2. The van der Waals surface area contributed by atoms with Crippen molar-refractivity contribution < 1.29 is 18.0 Å². The fraction of sp³-hybridized carbons (Fsp3) is 0.278. The van der Waals surface area contributed by atoms with Crippen LogP contribution in [0.5, 0.6) is 0 Å². The lowest BCUT2D eigenvalue weighted by Crippen LogP contribution is -2.28. The smallest absolute Gasteiger partial charge is 0.331 e. The number of aryl methyl sites for hydroxylation is 2. The zero-order chi connectivity index (χ0) is 16.8. The Morgan fingerprint density at radius 2 is 1.74 bits per heavy atom. The van der Waals surface area contributed by atoms with Crippen LogP contribution in [0.15, 0.2) is 36.4 Å². The van der Waals surface area contributed by atoms with Gasteiger partial charge in [0, 0.05) is 17.8 Å². The van der Waals surface area contributed by atoms with Crippen LogP contribution in [0.2, 0.25) is 0 Å². The van der Waals surface area contributed by atoms with E-state index in [0.29, 0.717) is 12.1 Å². The second-order valence-electron chi connectivity index (χ2n) is 5.96. The minimum Gasteiger partial charge on any atom is -0.331 e. The topological polar surface area (TPSA) is 20.3 Å². The quantitative estimate of drug-likeness (QED) is 0.755. The third-order valence-corrected chi connectivity index (χ3v) is 4.07. The van der Waals surface area contributed by atoms with Gasteiger partial charge in [0.25, 0.3) is 0 Å². The molecule has 0 spiro atoms. The summed E-state index contributed by atoms with van der Waals surface area (Å²) in [6, 6.07) is 8.97.